The minimum atomic E-state index is -0.255. The third kappa shape index (κ3) is 11.3. The molecule has 45 heavy (non-hydrogen) atoms. The van der Waals surface area contributed by atoms with Gasteiger partial charge in [0.05, 0.1) is 18.3 Å². The van der Waals surface area contributed by atoms with Crippen molar-refractivity contribution >= 4 is 0 Å². The van der Waals surface area contributed by atoms with Crippen molar-refractivity contribution in [2.45, 2.75) is 109 Å². The van der Waals surface area contributed by atoms with Crippen molar-refractivity contribution in [2.24, 2.45) is 11.8 Å². The van der Waals surface area contributed by atoms with Gasteiger partial charge in [0, 0.05) is 38.6 Å². The fourth-order valence-corrected chi connectivity index (χ4v) is 7.27. The second kappa shape index (κ2) is 20.9. The van der Waals surface area contributed by atoms with Crippen molar-refractivity contribution in [2.75, 3.05) is 55.1 Å². The number of hydrogen-bond donors (Lipinski definition) is 2. The number of phenolic OH excluding ortho intramolecular Hbond substituents is 1. The molecule has 0 bridgehead atoms. The first-order valence-corrected chi connectivity index (χ1v) is 17.7. The average Bonchev–Trinajstić information content (AvgIpc) is 3.24. The summed E-state index contributed by atoms with van der Waals surface area (Å²) in [5.41, 5.74) is 1.97. The molecule has 2 N–H and O–H groups in total. The van der Waals surface area contributed by atoms with Crippen molar-refractivity contribution in [3.63, 3.8) is 0 Å². The summed E-state index contributed by atoms with van der Waals surface area (Å²) in [5, 5.41) is 13.3. The maximum Gasteiger partial charge on any atom is 0.119 e. The molecular formula is C39H66N2O4. The number of rotatable bonds is 12. The van der Waals surface area contributed by atoms with Gasteiger partial charge in [-0.3, -0.25) is 0 Å². The lowest BCUT2D eigenvalue weighted by atomic mass is 9.71. The second-order valence-electron chi connectivity index (χ2n) is 13.2. The zero-order chi connectivity index (χ0) is 33.1. The molecule has 4 atom stereocenters. The monoisotopic (exact) mass is 627 g/mol. The van der Waals surface area contributed by atoms with E-state index in [-0.39, 0.29) is 11.2 Å². The van der Waals surface area contributed by atoms with Crippen molar-refractivity contribution in [3.05, 3.63) is 59.7 Å². The van der Waals surface area contributed by atoms with Crippen LogP contribution < -0.4 is 10.1 Å². The minimum absolute atomic E-state index is 0.171. The van der Waals surface area contributed by atoms with Gasteiger partial charge in [0.15, 0.2) is 0 Å². The number of aromatic hydroxyl groups is 1. The highest BCUT2D eigenvalue weighted by atomic mass is 16.5. The molecule has 0 saturated heterocycles. The van der Waals surface area contributed by atoms with Crippen molar-refractivity contribution in [1.82, 2.24) is 10.2 Å². The first-order valence-electron chi connectivity index (χ1n) is 17.7. The van der Waals surface area contributed by atoms with E-state index in [1.807, 2.05) is 32.4 Å². The van der Waals surface area contributed by atoms with Crippen LogP contribution in [0.15, 0.2) is 48.5 Å². The van der Waals surface area contributed by atoms with E-state index >= 15 is 0 Å². The Balaban J connectivity index is 0.000000293. The van der Waals surface area contributed by atoms with Gasteiger partial charge >= 0.3 is 0 Å². The molecule has 2 aliphatic rings. The number of ether oxygens (including phenoxy) is 3. The van der Waals surface area contributed by atoms with Gasteiger partial charge in [0.2, 0.25) is 0 Å². The van der Waals surface area contributed by atoms with Gasteiger partial charge in [0.1, 0.15) is 11.5 Å². The predicted molar refractivity (Wildman–Crippen MR) is 189 cm³/mol. The first-order chi connectivity index (χ1) is 21.8. The van der Waals surface area contributed by atoms with Crippen LogP contribution in [0.25, 0.3) is 0 Å². The zero-order valence-corrected chi connectivity index (χ0v) is 30.0. The molecule has 0 aliphatic heterocycles. The molecule has 2 aromatic carbocycles. The van der Waals surface area contributed by atoms with Gasteiger partial charge in [-0.1, -0.05) is 90.0 Å². The third-order valence-electron chi connectivity index (χ3n) is 9.42. The summed E-state index contributed by atoms with van der Waals surface area (Å²) < 4.78 is 18.0. The van der Waals surface area contributed by atoms with Crippen LogP contribution in [-0.4, -0.2) is 65.1 Å². The summed E-state index contributed by atoms with van der Waals surface area (Å²) in [6.45, 7) is 9.28. The Morgan fingerprint density at radius 2 is 1.47 bits per heavy atom. The quantitative estimate of drug-likeness (QED) is 0.181. The zero-order valence-electron chi connectivity index (χ0n) is 30.0. The van der Waals surface area contributed by atoms with Crippen molar-refractivity contribution < 1.29 is 19.3 Å². The van der Waals surface area contributed by atoms with Gasteiger partial charge in [-0.25, -0.2) is 0 Å². The molecular weight excluding hydrogens is 560 g/mol. The number of methoxy groups -OCH3 is 2. The van der Waals surface area contributed by atoms with E-state index in [1.54, 1.807) is 13.2 Å². The van der Waals surface area contributed by atoms with Crippen molar-refractivity contribution in [3.8, 4) is 11.5 Å². The third-order valence-corrected chi connectivity index (χ3v) is 9.42. The number of hydrogen-bond acceptors (Lipinski definition) is 6. The van der Waals surface area contributed by atoms with Crippen LogP contribution in [0, 0.1) is 11.8 Å². The van der Waals surface area contributed by atoms with Gasteiger partial charge in [0.25, 0.3) is 0 Å². The lowest BCUT2D eigenvalue weighted by Gasteiger charge is -2.43. The highest BCUT2D eigenvalue weighted by Gasteiger charge is 2.43. The van der Waals surface area contributed by atoms with Crippen LogP contribution >= 0.6 is 0 Å². The fraction of sp³-hybridized carbons (Fsp3) is 0.692. The Hall–Kier alpha value is -2.12. The predicted octanol–water partition coefficient (Wildman–Crippen LogP) is 8.91. The standard InChI is InChI=1S/C20H33NO2.C16H25NO2.C3H8/c1-4-5-14-23-20(17-11-9-12-19(22)15-17)13-8-6-7-10-18(20)16-21(2)3;1-17-12-14-7-4-5-10-16(14,19-3)13-8-6-9-15(11-13)18-2;1-3-2/h9,11-12,15,18,22H,4-8,10,13-14,16H2,1-3H3;6,8-9,11,14,17H,4-5,7,10,12H2,1-3H3;3H2,1-2H3. The molecule has 4 rings (SSSR count). The van der Waals surface area contributed by atoms with Gasteiger partial charge in [-0.2, -0.15) is 0 Å². The summed E-state index contributed by atoms with van der Waals surface area (Å²) >= 11 is 0. The first kappa shape index (κ1) is 39.1. The molecule has 256 valence electrons. The van der Waals surface area contributed by atoms with Gasteiger partial charge in [-0.05, 0) is 88.6 Å². The second-order valence-corrected chi connectivity index (χ2v) is 13.2. The smallest absolute Gasteiger partial charge is 0.119 e. The normalized spacial score (nSPS) is 24.9. The summed E-state index contributed by atoms with van der Waals surface area (Å²) in [6.07, 6.45) is 14.3. The van der Waals surface area contributed by atoms with E-state index in [1.165, 1.54) is 56.9 Å². The fourth-order valence-electron chi connectivity index (χ4n) is 7.27. The van der Waals surface area contributed by atoms with E-state index in [4.69, 9.17) is 14.2 Å². The van der Waals surface area contributed by atoms with Crippen LogP contribution in [-0.2, 0) is 20.7 Å². The highest BCUT2D eigenvalue weighted by Crippen LogP contribution is 2.46. The molecule has 0 heterocycles. The summed E-state index contributed by atoms with van der Waals surface area (Å²) in [7, 11) is 9.85. The van der Waals surface area contributed by atoms with E-state index < -0.39 is 0 Å². The molecule has 0 aromatic heterocycles. The Morgan fingerprint density at radius 3 is 2.09 bits per heavy atom. The highest BCUT2D eigenvalue weighted by molar-refractivity contribution is 5.34. The molecule has 2 aromatic rings. The number of benzene rings is 2. The number of nitrogens with zero attached hydrogens (tertiary/aromatic N) is 1. The molecule has 0 radical (unpaired) electrons. The molecule has 2 fully saturated rings. The van der Waals surface area contributed by atoms with Gasteiger partial charge < -0.3 is 29.5 Å². The maximum atomic E-state index is 10.0. The molecule has 2 aliphatic carbocycles. The largest absolute Gasteiger partial charge is 0.508 e. The van der Waals surface area contributed by atoms with Crippen molar-refractivity contribution in [1.29, 1.82) is 0 Å². The molecule has 6 heteroatoms. The van der Waals surface area contributed by atoms with E-state index in [2.05, 4.69) is 69.3 Å². The SMILES string of the molecule is CCC.CCCCOC1(c2cccc(O)c2)CCCCCC1CN(C)C.CNCC1CCCCC1(OC)c1cccc(OC)c1. The molecule has 0 spiro atoms. The topological polar surface area (TPSA) is 63.2 Å². The van der Waals surface area contributed by atoms with Crippen LogP contribution in [0.5, 0.6) is 11.5 Å². The van der Waals surface area contributed by atoms with Crippen LogP contribution in [0.3, 0.4) is 0 Å². The van der Waals surface area contributed by atoms with Gasteiger partial charge in [-0.15, -0.1) is 0 Å². The number of unbranched alkanes of at least 4 members (excludes halogenated alkanes) is 1. The van der Waals surface area contributed by atoms with Crippen LogP contribution in [0.1, 0.15) is 109 Å². The van der Waals surface area contributed by atoms with Crippen LogP contribution in [0.2, 0.25) is 0 Å². The molecule has 4 unspecified atom stereocenters. The Labute approximate surface area is 276 Å². The Morgan fingerprint density at radius 1 is 0.844 bits per heavy atom. The van der Waals surface area contributed by atoms with E-state index in [0.29, 0.717) is 17.6 Å². The molecule has 2 saturated carbocycles. The Kier molecular flexibility index (Phi) is 18.1. The van der Waals surface area contributed by atoms with E-state index in [9.17, 15) is 5.11 Å². The lowest BCUT2D eigenvalue weighted by Crippen LogP contribution is -2.44. The lowest BCUT2D eigenvalue weighted by molar-refractivity contribution is -0.104. The molecule has 0 amide bonds. The summed E-state index contributed by atoms with van der Waals surface area (Å²) in [6, 6.07) is 16.1. The van der Waals surface area contributed by atoms with Crippen LogP contribution in [0.4, 0.5) is 0 Å². The average molecular weight is 627 g/mol. The summed E-state index contributed by atoms with van der Waals surface area (Å²) in [5.74, 6) is 2.23. The van der Waals surface area contributed by atoms with E-state index in [0.717, 1.165) is 56.7 Å². The number of nitrogens with one attached hydrogen (secondary N) is 1. The number of phenols is 1. The summed E-state index contributed by atoms with van der Waals surface area (Å²) in [4.78, 5) is 2.27. The molecule has 6 nitrogen and oxygen atoms in total. The minimum Gasteiger partial charge on any atom is -0.508 e. The Bertz CT molecular complexity index is 1060. The maximum absolute atomic E-state index is 10.0.